The van der Waals surface area contributed by atoms with Crippen molar-refractivity contribution >= 4 is 29.8 Å². The van der Waals surface area contributed by atoms with E-state index in [0.29, 0.717) is 5.56 Å². The highest BCUT2D eigenvalue weighted by molar-refractivity contribution is 7.12. The van der Waals surface area contributed by atoms with Crippen molar-refractivity contribution in [2.75, 3.05) is 0 Å². The summed E-state index contributed by atoms with van der Waals surface area (Å²) in [5.74, 6) is 0. The lowest BCUT2D eigenvalue weighted by atomic mass is 9.69. The monoisotopic (exact) mass is 326 g/mol. The van der Waals surface area contributed by atoms with Crippen molar-refractivity contribution in [1.82, 2.24) is 9.97 Å². The number of hydrogen-bond acceptors (Lipinski definition) is 4. The van der Waals surface area contributed by atoms with Gasteiger partial charge in [0.25, 0.3) is 0 Å². The third kappa shape index (κ3) is 3.13. The molecule has 0 fully saturated rings. The van der Waals surface area contributed by atoms with Gasteiger partial charge in [0.1, 0.15) is 5.01 Å². The Kier molecular flexibility index (Phi) is 3.96. The van der Waals surface area contributed by atoms with Gasteiger partial charge in [-0.3, -0.25) is 9.78 Å². The maximum atomic E-state index is 10.7. The second-order valence-corrected chi connectivity index (χ2v) is 8.50. The zero-order valence-corrected chi connectivity index (χ0v) is 14.9. The minimum atomic E-state index is 0.150. The Morgan fingerprint density at radius 1 is 1.09 bits per heavy atom. The van der Waals surface area contributed by atoms with Crippen LogP contribution in [-0.4, -0.2) is 16.3 Å². The van der Waals surface area contributed by atoms with Crippen LogP contribution in [-0.2, 0) is 10.8 Å². The molecule has 0 N–H and O–H groups in total. The highest BCUT2D eigenvalue weighted by Crippen LogP contribution is 2.48. The maximum Gasteiger partial charge on any atom is 0.151 e. The average Bonchev–Trinajstić information content (AvgIpc) is 2.97. The molecule has 23 heavy (non-hydrogen) atoms. The molecular weight excluding hydrogens is 304 g/mol. The van der Waals surface area contributed by atoms with Crippen LogP contribution in [0.25, 0.3) is 12.2 Å². The van der Waals surface area contributed by atoms with Crippen molar-refractivity contribution in [3.05, 3.63) is 45.2 Å². The van der Waals surface area contributed by atoms with Crippen molar-refractivity contribution < 1.29 is 4.79 Å². The van der Waals surface area contributed by atoms with Crippen molar-refractivity contribution in [1.29, 1.82) is 0 Å². The first-order chi connectivity index (χ1) is 10.8. The fourth-order valence-electron chi connectivity index (χ4n) is 2.92. The zero-order valence-electron chi connectivity index (χ0n) is 14.1. The predicted molar refractivity (Wildman–Crippen MR) is 96.0 cm³/mol. The lowest BCUT2D eigenvalue weighted by Crippen LogP contribution is -2.32. The molecule has 0 atom stereocenters. The molecule has 3 nitrogen and oxygen atoms in total. The first-order valence-electron chi connectivity index (χ1n) is 7.93. The molecule has 120 valence electrons. The van der Waals surface area contributed by atoms with E-state index in [0.717, 1.165) is 17.0 Å². The van der Waals surface area contributed by atoms with Crippen LogP contribution in [0.4, 0.5) is 0 Å². The summed E-state index contributed by atoms with van der Waals surface area (Å²) in [4.78, 5) is 21.2. The fourth-order valence-corrected chi connectivity index (χ4v) is 4.20. The van der Waals surface area contributed by atoms with Crippen molar-refractivity contribution in [3.8, 4) is 0 Å². The summed E-state index contributed by atoms with van der Waals surface area (Å²) in [5.41, 5.74) is 3.04. The molecular formula is C19H22N2OS. The predicted octanol–water partition coefficient (Wildman–Crippen LogP) is 4.87. The average molecular weight is 326 g/mol. The second-order valence-electron chi connectivity index (χ2n) is 7.47. The number of hydrogen-bond donors (Lipinski definition) is 0. The highest BCUT2D eigenvalue weighted by atomic mass is 32.1. The van der Waals surface area contributed by atoms with E-state index >= 15 is 0 Å². The van der Waals surface area contributed by atoms with Crippen LogP contribution < -0.4 is 0 Å². The first kappa shape index (κ1) is 16.1. The minimum absolute atomic E-state index is 0.150. The zero-order chi connectivity index (χ0) is 16.7. The summed E-state index contributed by atoms with van der Waals surface area (Å²) in [6.07, 6.45) is 8.75. The lowest BCUT2D eigenvalue weighted by molar-refractivity contribution is 0.112. The normalized spacial score (nSPS) is 18.8. The molecule has 0 saturated carbocycles. The minimum Gasteiger partial charge on any atom is -0.298 e. The van der Waals surface area contributed by atoms with Crippen molar-refractivity contribution in [2.45, 2.75) is 51.4 Å². The van der Waals surface area contributed by atoms with Gasteiger partial charge in [-0.1, -0.05) is 27.7 Å². The lowest BCUT2D eigenvalue weighted by Gasteiger charge is -2.37. The molecule has 0 aliphatic heterocycles. The number of aldehydes is 1. The van der Waals surface area contributed by atoms with Gasteiger partial charge in [-0.15, -0.1) is 11.3 Å². The van der Waals surface area contributed by atoms with Gasteiger partial charge >= 0.3 is 0 Å². The number of aromatic nitrogens is 2. The molecule has 1 aliphatic carbocycles. The Labute approximate surface area is 141 Å². The number of fused-ring (bicyclic) bond motifs is 1. The maximum absolute atomic E-state index is 10.7. The summed E-state index contributed by atoms with van der Waals surface area (Å²) in [7, 11) is 0. The van der Waals surface area contributed by atoms with Crippen LogP contribution in [0.3, 0.4) is 0 Å². The second kappa shape index (κ2) is 5.68. The van der Waals surface area contributed by atoms with Crippen LogP contribution in [0.2, 0.25) is 0 Å². The molecule has 0 radical (unpaired) electrons. The standard InChI is InChI=1S/C19H22N2OS/c1-18(2)9-10-19(3,4)17-16(18)21-15(23-17)8-7-14-6-5-13(12-22)11-20-14/h5-8,11-12H,9-10H2,1-4H3/b8-7+. The van der Waals surface area contributed by atoms with Gasteiger partial charge in [-0.05, 0) is 37.1 Å². The number of rotatable bonds is 3. The molecule has 3 rings (SSSR count). The van der Waals surface area contributed by atoms with Crippen molar-refractivity contribution in [3.63, 3.8) is 0 Å². The van der Waals surface area contributed by atoms with E-state index in [1.54, 1.807) is 23.6 Å². The summed E-state index contributed by atoms with van der Waals surface area (Å²) < 4.78 is 0. The van der Waals surface area contributed by atoms with Crippen LogP contribution in [0.5, 0.6) is 0 Å². The number of pyridine rings is 1. The SMILES string of the molecule is CC1(C)CCC(C)(C)c2sc(/C=C/c3ccc(C=O)cn3)nc21. The summed E-state index contributed by atoms with van der Waals surface area (Å²) in [5, 5.41) is 1.03. The van der Waals surface area contributed by atoms with Gasteiger partial charge in [0.05, 0.1) is 11.4 Å². The van der Waals surface area contributed by atoms with E-state index in [2.05, 4.69) is 32.7 Å². The Hall–Kier alpha value is -1.81. The van der Waals surface area contributed by atoms with Crippen LogP contribution in [0, 0.1) is 0 Å². The largest absolute Gasteiger partial charge is 0.298 e. The Morgan fingerprint density at radius 3 is 2.43 bits per heavy atom. The third-order valence-electron chi connectivity index (χ3n) is 4.62. The van der Waals surface area contributed by atoms with Crippen LogP contribution >= 0.6 is 11.3 Å². The molecule has 0 amide bonds. The third-order valence-corrected chi connectivity index (χ3v) is 6.00. The topological polar surface area (TPSA) is 42.9 Å². The van der Waals surface area contributed by atoms with Gasteiger partial charge in [-0.25, -0.2) is 4.98 Å². The number of carbonyl (C=O) groups is 1. The highest BCUT2D eigenvalue weighted by Gasteiger charge is 2.40. The molecule has 0 spiro atoms. The molecule has 0 unspecified atom stereocenters. The Balaban J connectivity index is 1.91. The van der Waals surface area contributed by atoms with E-state index in [4.69, 9.17) is 4.98 Å². The molecule has 0 saturated heterocycles. The molecule has 2 aromatic heterocycles. The van der Waals surface area contributed by atoms with Crippen LogP contribution in [0.1, 0.15) is 72.2 Å². The van der Waals surface area contributed by atoms with E-state index in [1.165, 1.54) is 23.4 Å². The first-order valence-corrected chi connectivity index (χ1v) is 8.75. The molecule has 2 aromatic rings. The van der Waals surface area contributed by atoms with E-state index < -0.39 is 0 Å². The quantitative estimate of drug-likeness (QED) is 0.756. The van der Waals surface area contributed by atoms with E-state index in [1.807, 2.05) is 18.2 Å². The smallest absolute Gasteiger partial charge is 0.151 e. The summed E-state index contributed by atoms with van der Waals surface area (Å²) in [6.45, 7) is 9.20. The Bertz CT molecular complexity index is 721. The number of nitrogens with zero attached hydrogens (tertiary/aromatic N) is 2. The van der Waals surface area contributed by atoms with Crippen molar-refractivity contribution in [2.24, 2.45) is 0 Å². The van der Waals surface area contributed by atoms with E-state index in [-0.39, 0.29) is 10.8 Å². The number of carbonyl (C=O) groups excluding carboxylic acids is 1. The summed E-state index contributed by atoms with van der Waals surface area (Å²) in [6, 6.07) is 3.63. The van der Waals surface area contributed by atoms with Gasteiger partial charge in [-0.2, -0.15) is 0 Å². The number of thiazole rings is 1. The molecule has 0 bridgehead atoms. The van der Waals surface area contributed by atoms with Crippen LogP contribution in [0.15, 0.2) is 18.3 Å². The summed E-state index contributed by atoms with van der Waals surface area (Å²) >= 11 is 1.79. The van der Waals surface area contributed by atoms with Gasteiger partial charge in [0, 0.05) is 27.5 Å². The molecule has 2 heterocycles. The van der Waals surface area contributed by atoms with E-state index in [9.17, 15) is 4.79 Å². The van der Waals surface area contributed by atoms with Gasteiger partial charge in [0.15, 0.2) is 6.29 Å². The van der Waals surface area contributed by atoms with Gasteiger partial charge < -0.3 is 0 Å². The molecule has 4 heteroatoms. The molecule has 0 aromatic carbocycles. The fraction of sp³-hybridized carbons (Fsp3) is 0.421. The van der Waals surface area contributed by atoms with Gasteiger partial charge in [0.2, 0.25) is 0 Å². The Morgan fingerprint density at radius 2 is 1.83 bits per heavy atom. The molecule has 1 aliphatic rings.